The Morgan fingerprint density at radius 2 is 0.635 bits per heavy atom. The van der Waals surface area contributed by atoms with Crippen molar-refractivity contribution in [1.29, 1.82) is 0 Å². The first-order valence-electron chi connectivity index (χ1n) is 33.6. The van der Waals surface area contributed by atoms with E-state index in [9.17, 15) is 19.8 Å². The van der Waals surface area contributed by atoms with Crippen molar-refractivity contribution in [2.24, 2.45) is 0 Å². The third kappa shape index (κ3) is 59.6. The number of nitrogens with one attached hydrogen (secondary N) is 1. The highest BCUT2D eigenvalue weighted by molar-refractivity contribution is 5.76. The van der Waals surface area contributed by atoms with Crippen molar-refractivity contribution in [3.05, 3.63) is 24.3 Å². The second-order valence-corrected chi connectivity index (χ2v) is 23.1. The molecule has 0 aromatic rings. The van der Waals surface area contributed by atoms with Crippen molar-refractivity contribution in [2.75, 3.05) is 13.2 Å². The minimum absolute atomic E-state index is 0.0118. The van der Waals surface area contributed by atoms with Gasteiger partial charge in [-0.2, -0.15) is 0 Å². The molecule has 0 aromatic carbocycles. The van der Waals surface area contributed by atoms with Gasteiger partial charge in [0.25, 0.3) is 0 Å². The molecule has 0 spiro atoms. The van der Waals surface area contributed by atoms with E-state index >= 15 is 0 Å². The number of esters is 1. The average Bonchev–Trinajstić information content (AvgIpc) is 3.40. The second kappa shape index (κ2) is 63.9. The maximum Gasteiger partial charge on any atom is 0.305 e. The molecule has 0 saturated carbocycles. The molecule has 0 aliphatic carbocycles. The molecule has 3 N–H and O–H groups in total. The number of allylic oxidation sites excluding steroid dienone is 4. The van der Waals surface area contributed by atoms with E-state index in [2.05, 4.69) is 43.5 Å². The smallest absolute Gasteiger partial charge is 0.305 e. The van der Waals surface area contributed by atoms with Gasteiger partial charge in [-0.25, -0.2) is 0 Å². The van der Waals surface area contributed by atoms with E-state index in [0.717, 1.165) is 70.6 Å². The number of hydrogen-bond donors (Lipinski definition) is 3. The van der Waals surface area contributed by atoms with Gasteiger partial charge in [0.1, 0.15) is 0 Å². The summed E-state index contributed by atoms with van der Waals surface area (Å²) >= 11 is 0. The Bertz CT molecular complexity index is 1150. The Morgan fingerprint density at radius 1 is 0.365 bits per heavy atom. The number of aliphatic hydroxyl groups excluding tert-OH is 2. The first-order chi connectivity index (χ1) is 36.5. The molecule has 0 bridgehead atoms. The van der Waals surface area contributed by atoms with Crippen LogP contribution in [0.5, 0.6) is 0 Å². The fraction of sp³-hybridized carbons (Fsp3) is 0.912. The Balaban J connectivity index is 3.45. The van der Waals surface area contributed by atoms with Gasteiger partial charge in [-0.1, -0.05) is 308 Å². The van der Waals surface area contributed by atoms with Gasteiger partial charge < -0.3 is 20.3 Å². The maximum atomic E-state index is 12.5. The second-order valence-electron chi connectivity index (χ2n) is 23.1. The summed E-state index contributed by atoms with van der Waals surface area (Å²) in [6, 6.07) is -0.555. The zero-order valence-electron chi connectivity index (χ0n) is 50.1. The molecule has 0 aromatic heterocycles. The molecule has 438 valence electrons. The van der Waals surface area contributed by atoms with E-state index in [-0.39, 0.29) is 18.5 Å². The van der Waals surface area contributed by atoms with Gasteiger partial charge in [0.15, 0.2) is 0 Å². The monoisotopic (exact) mass is 1040 g/mol. The molecule has 2 atom stereocenters. The lowest BCUT2D eigenvalue weighted by molar-refractivity contribution is -0.143. The summed E-state index contributed by atoms with van der Waals surface area (Å²) in [5.74, 6) is -0.0580. The summed E-state index contributed by atoms with van der Waals surface area (Å²) in [4.78, 5) is 24.6. The largest absolute Gasteiger partial charge is 0.466 e. The van der Waals surface area contributed by atoms with Crippen LogP contribution in [0.4, 0.5) is 0 Å². The molecule has 0 rings (SSSR count). The standard InChI is InChI=1S/C68H131NO5/c1-3-5-7-9-11-13-15-17-19-21-23-24-25-26-27-28-29-32-36-40-44-48-52-56-60-66(71)65(64-70)69-67(72)61-57-53-49-45-41-37-33-31-35-39-43-47-51-55-59-63-74-68(73)62-58-54-50-46-42-38-34-30-22-20-18-16-14-12-10-8-6-4-2/h20,22,35,39,65-66,70-71H,3-19,21,23-34,36-38,40-64H2,1-2H3,(H,69,72)/b22-20-,39-35-. The molecule has 0 heterocycles. The molecule has 0 fully saturated rings. The van der Waals surface area contributed by atoms with Crippen molar-refractivity contribution >= 4 is 11.9 Å². The molecular formula is C68H131NO5. The predicted molar refractivity (Wildman–Crippen MR) is 324 cm³/mol. The molecule has 6 heteroatoms. The van der Waals surface area contributed by atoms with E-state index in [1.165, 1.54) is 270 Å². The van der Waals surface area contributed by atoms with Crippen LogP contribution in [0.3, 0.4) is 0 Å². The average molecular weight is 1040 g/mol. The molecule has 2 unspecified atom stereocenters. The van der Waals surface area contributed by atoms with Gasteiger partial charge in [0.05, 0.1) is 25.4 Å². The fourth-order valence-corrected chi connectivity index (χ4v) is 10.6. The summed E-state index contributed by atoms with van der Waals surface area (Å²) in [6.45, 7) is 4.95. The Labute approximate surface area is 462 Å². The third-order valence-electron chi connectivity index (χ3n) is 15.7. The van der Waals surface area contributed by atoms with E-state index in [1.807, 2.05) is 0 Å². The van der Waals surface area contributed by atoms with Crippen molar-refractivity contribution in [3.8, 4) is 0 Å². The highest BCUT2D eigenvalue weighted by Gasteiger charge is 2.20. The van der Waals surface area contributed by atoms with Crippen LogP contribution in [0.15, 0.2) is 24.3 Å². The van der Waals surface area contributed by atoms with Crippen molar-refractivity contribution in [3.63, 3.8) is 0 Å². The first-order valence-corrected chi connectivity index (χ1v) is 33.6. The Morgan fingerprint density at radius 3 is 0.959 bits per heavy atom. The lowest BCUT2D eigenvalue weighted by Crippen LogP contribution is -2.45. The van der Waals surface area contributed by atoms with Crippen molar-refractivity contribution in [2.45, 2.75) is 386 Å². The summed E-state index contributed by atoms with van der Waals surface area (Å²) in [6.07, 6.45) is 79.1. The van der Waals surface area contributed by atoms with Gasteiger partial charge in [0.2, 0.25) is 5.91 Å². The maximum absolute atomic E-state index is 12.5. The Kier molecular flexibility index (Phi) is 62.4. The number of amides is 1. The van der Waals surface area contributed by atoms with Crippen LogP contribution in [-0.2, 0) is 14.3 Å². The number of unbranched alkanes of at least 4 members (excludes halogenated alkanes) is 48. The normalized spacial score (nSPS) is 12.6. The van der Waals surface area contributed by atoms with Crippen LogP contribution >= 0.6 is 0 Å². The van der Waals surface area contributed by atoms with Crippen LogP contribution in [0.25, 0.3) is 0 Å². The quantitative estimate of drug-likeness (QED) is 0.0320. The van der Waals surface area contributed by atoms with E-state index in [4.69, 9.17) is 4.74 Å². The third-order valence-corrected chi connectivity index (χ3v) is 15.7. The van der Waals surface area contributed by atoms with E-state index < -0.39 is 12.1 Å². The summed E-state index contributed by atoms with van der Waals surface area (Å²) < 4.78 is 5.48. The van der Waals surface area contributed by atoms with E-state index in [0.29, 0.717) is 25.9 Å². The number of aliphatic hydroxyl groups is 2. The number of carbonyl (C=O) groups is 2. The van der Waals surface area contributed by atoms with Crippen LogP contribution in [-0.4, -0.2) is 47.4 Å². The number of hydrogen-bond acceptors (Lipinski definition) is 5. The van der Waals surface area contributed by atoms with Gasteiger partial charge in [0, 0.05) is 12.8 Å². The van der Waals surface area contributed by atoms with Crippen LogP contribution in [0, 0.1) is 0 Å². The highest BCUT2D eigenvalue weighted by atomic mass is 16.5. The highest BCUT2D eigenvalue weighted by Crippen LogP contribution is 2.18. The molecule has 0 aliphatic rings. The zero-order chi connectivity index (χ0) is 53.6. The fourth-order valence-electron chi connectivity index (χ4n) is 10.6. The lowest BCUT2D eigenvalue weighted by Gasteiger charge is -2.22. The van der Waals surface area contributed by atoms with E-state index in [1.54, 1.807) is 0 Å². The minimum atomic E-state index is -0.676. The van der Waals surface area contributed by atoms with Crippen molar-refractivity contribution in [1.82, 2.24) is 5.32 Å². The molecule has 1 amide bonds. The molecule has 6 nitrogen and oxygen atoms in total. The predicted octanol–water partition coefficient (Wildman–Crippen LogP) is 21.4. The topological polar surface area (TPSA) is 95.9 Å². The lowest BCUT2D eigenvalue weighted by atomic mass is 10.0. The first kappa shape index (κ1) is 72.3. The molecule has 0 saturated heterocycles. The minimum Gasteiger partial charge on any atom is -0.466 e. The summed E-state index contributed by atoms with van der Waals surface area (Å²) in [7, 11) is 0. The molecule has 74 heavy (non-hydrogen) atoms. The van der Waals surface area contributed by atoms with Crippen LogP contribution < -0.4 is 5.32 Å². The molecular weight excluding hydrogens is 911 g/mol. The Hall–Kier alpha value is -1.66. The SMILES string of the molecule is CCCCCCCCC/C=C\CCCCCCCCCC(=O)OCCCCCC/C=C\CCCCCCCCCC(=O)NC(CO)C(O)CCCCCCCCCCCCCCCCCCCCCCCCCC. The van der Waals surface area contributed by atoms with Crippen molar-refractivity contribution < 1.29 is 24.5 Å². The van der Waals surface area contributed by atoms with Gasteiger partial charge >= 0.3 is 5.97 Å². The summed E-state index contributed by atoms with van der Waals surface area (Å²) in [5.41, 5.74) is 0. The molecule has 0 aliphatic heterocycles. The van der Waals surface area contributed by atoms with Crippen LogP contribution in [0.2, 0.25) is 0 Å². The van der Waals surface area contributed by atoms with Crippen LogP contribution in [0.1, 0.15) is 373 Å². The number of ether oxygens (including phenoxy) is 1. The van der Waals surface area contributed by atoms with Gasteiger partial charge in [-0.3, -0.25) is 9.59 Å². The number of carbonyl (C=O) groups excluding carboxylic acids is 2. The van der Waals surface area contributed by atoms with Gasteiger partial charge in [-0.15, -0.1) is 0 Å². The van der Waals surface area contributed by atoms with Gasteiger partial charge in [-0.05, 0) is 77.0 Å². The summed E-state index contributed by atoms with van der Waals surface area (Å²) in [5, 5.41) is 23.4. The number of rotatable bonds is 63. The zero-order valence-corrected chi connectivity index (χ0v) is 50.1. The molecule has 0 radical (unpaired) electrons.